The van der Waals surface area contributed by atoms with Crippen molar-refractivity contribution in [3.8, 4) is 28.2 Å². The van der Waals surface area contributed by atoms with Crippen LogP contribution in [0.15, 0.2) is 66.9 Å². The maximum Gasteiger partial charge on any atom is 0.451 e. The van der Waals surface area contributed by atoms with Crippen LogP contribution < -0.4 is 0 Å². The number of benzene rings is 2. The van der Waals surface area contributed by atoms with E-state index in [1.54, 1.807) is 18.2 Å². The Morgan fingerprint density at radius 2 is 1.49 bits per heavy atom. The first-order valence-corrected chi connectivity index (χ1v) is 11.1. The summed E-state index contributed by atoms with van der Waals surface area (Å²) < 4.78 is 103. The fourth-order valence-corrected chi connectivity index (χ4v) is 3.87. The average molecular weight is 512 g/mol. The van der Waals surface area contributed by atoms with Gasteiger partial charge in [-0.25, -0.2) is 18.9 Å². The highest BCUT2D eigenvalue weighted by atomic mass is 32.2. The standard InChI is InChI=1S/C22H14F6N4O2S/c23-21(24,25)16-10-11-29-32(16)19-17(14-4-2-1-3-5-14)18(30-20(31-19)22(26,27)28)15-8-6-13(7-9-15)12-35(33)34/h1-11H,12H2,(H,33,34). The van der Waals surface area contributed by atoms with Gasteiger partial charge in [-0.15, -0.1) is 0 Å². The fraction of sp³-hybridized carbons (Fsp3) is 0.136. The van der Waals surface area contributed by atoms with Crippen molar-refractivity contribution >= 4 is 11.1 Å². The van der Waals surface area contributed by atoms with Crippen molar-refractivity contribution in [2.24, 2.45) is 0 Å². The highest BCUT2D eigenvalue weighted by molar-refractivity contribution is 7.78. The van der Waals surface area contributed by atoms with Gasteiger partial charge in [0, 0.05) is 5.56 Å². The highest BCUT2D eigenvalue weighted by Gasteiger charge is 2.40. The molecule has 0 aliphatic carbocycles. The van der Waals surface area contributed by atoms with E-state index in [2.05, 4.69) is 15.1 Å². The number of rotatable bonds is 5. The van der Waals surface area contributed by atoms with Gasteiger partial charge in [0.2, 0.25) is 5.82 Å². The van der Waals surface area contributed by atoms with E-state index in [1.165, 1.54) is 36.4 Å². The van der Waals surface area contributed by atoms with Crippen LogP contribution in [0.4, 0.5) is 26.3 Å². The summed E-state index contributed by atoms with van der Waals surface area (Å²) in [5.74, 6) is -2.56. The lowest BCUT2D eigenvalue weighted by Crippen LogP contribution is -2.19. The molecule has 4 rings (SSSR count). The van der Waals surface area contributed by atoms with Gasteiger partial charge >= 0.3 is 12.4 Å². The van der Waals surface area contributed by atoms with Crippen LogP contribution in [0.2, 0.25) is 0 Å². The van der Waals surface area contributed by atoms with Gasteiger partial charge < -0.3 is 4.55 Å². The largest absolute Gasteiger partial charge is 0.451 e. The van der Waals surface area contributed by atoms with Crippen LogP contribution in [-0.4, -0.2) is 28.5 Å². The molecule has 182 valence electrons. The van der Waals surface area contributed by atoms with E-state index in [4.69, 9.17) is 4.55 Å². The molecule has 0 bridgehead atoms. The Morgan fingerprint density at radius 3 is 2.06 bits per heavy atom. The molecule has 2 heterocycles. The van der Waals surface area contributed by atoms with Crippen LogP contribution in [-0.2, 0) is 29.2 Å². The molecular weight excluding hydrogens is 498 g/mol. The van der Waals surface area contributed by atoms with E-state index in [1.807, 2.05) is 0 Å². The minimum Gasteiger partial charge on any atom is -0.306 e. The number of nitrogens with zero attached hydrogens (tertiary/aromatic N) is 4. The molecule has 0 spiro atoms. The monoisotopic (exact) mass is 512 g/mol. The molecule has 0 aliphatic heterocycles. The van der Waals surface area contributed by atoms with Gasteiger partial charge in [-0.1, -0.05) is 54.6 Å². The Hall–Kier alpha value is -3.58. The van der Waals surface area contributed by atoms with Crippen molar-refractivity contribution in [3.63, 3.8) is 0 Å². The zero-order chi connectivity index (χ0) is 25.4. The molecule has 1 atom stereocenters. The van der Waals surface area contributed by atoms with Gasteiger partial charge in [0.15, 0.2) is 16.9 Å². The second kappa shape index (κ2) is 9.23. The van der Waals surface area contributed by atoms with E-state index in [-0.39, 0.29) is 28.1 Å². The molecule has 0 saturated heterocycles. The summed E-state index contributed by atoms with van der Waals surface area (Å²) in [6, 6.07) is 14.0. The maximum absolute atomic E-state index is 13.7. The lowest BCUT2D eigenvalue weighted by atomic mass is 9.98. The summed E-state index contributed by atoms with van der Waals surface area (Å²) in [4.78, 5) is 7.15. The fourth-order valence-electron chi connectivity index (χ4n) is 3.40. The van der Waals surface area contributed by atoms with E-state index in [9.17, 15) is 30.6 Å². The van der Waals surface area contributed by atoms with Crippen molar-refractivity contribution in [2.75, 3.05) is 0 Å². The summed E-state index contributed by atoms with van der Waals surface area (Å²) in [5.41, 5.74) is -0.887. The summed E-state index contributed by atoms with van der Waals surface area (Å²) in [6.45, 7) is 0. The van der Waals surface area contributed by atoms with Crippen LogP contribution in [0, 0.1) is 0 Å². The van der Waals surface area contributed by atoms with Gasteiger partial charge in [0.1, 0.15) is 5.69 Å². The number of halogens is 6. The molecule has 0 aliphatic rings. The van der Waals surface area contributed by atoms with Gasteiger partial charge in [-0.2, -0.15) is 31.4 Å². The maximum atomic E-state index is 13.7. The molecule has 2 aromatic heterocycles. The third kappa shape index (κ3) is 5.25. The first-order chi connectivity index (χ1) is 16.4. The van der Waals surface area contributed by atoms with Crippen molar-refractivity contribution in [1.29, 1.82) is 0 Å². The topological polar surface area (TPSA) is 80.9 Å². The van der Waals surface area contributed by atoms with Crippen LogP contribution in [0.1, 0.15) is 17.1 Å². The van der Waals surface area contributed by atoms with Gasteiger partial charge in [-0.05, 0) is 17.2 Å². The molecule has 0 amide bonds. The molecule has 0 saturated carbocycles. The molecule has 35 heavy (non-hydrogen) atoms. The summed E-state index contributed by atoms with van der Waals surface area (Å²) in [7, 11) is 0. The van der Waals surface area contributed by atoms with E-state index >= 15 is 0 Å². The molecule has 13 heteroatoms. The number of hydrogen-bond donors (Lipinski definition) is 1. The van der Waals surface area contributed by atoms with Crippen LogP contribution >= 0.6 is 0 Å². The lowest BCUT2D eigenvalue weighted by molar-refractivity contribution is -0.145. The van der Waals surface area contributed by atoms with Crippen LogP contribution in [0.3, 0.4) is 0 Å². The second-order valence-corrected chi connectivity index (χ2v) is 8.18. The lowest BCUT2D eigenvalue weighted by Gasteiger charge is -2.19. The predicted molar refractivity (Wildman–Crippen MR) is 115 cm³/mol. The smallest absolute Gasteiger partial charge is 0.306 e. The van der Waals surface area contributed by atoms with E-state index in [0.29, 0.717) is 16.3 Å². The Kier molecular flexibility index (Phi) is 6.47. The number of aromatic nitrogens is 4. The first kappa shape index (κ1) is 24.5. The average Bonchev–Trinajstić information content (AvgIpc) is 3.29. The minimum atomic E-state index is -5.07. The summed E-state index contributed by atoms with van der Waals surface area (Å²) in [5, 5.41) is 3.62. The third-order valence-electron chi connectivity index (χ3n) is 4.86. The quantitative estimate of drug-likeness (QED) is 0.272. The van der Waals surface area contributed by atoms with Gasteiger partial charge in [0.05, 0.1) is 23.2 Å². The molecule has 4 aromatic rings. The zero-order valence-corrected chi connectivity index (χ0v) is 18.2. The van der Waals surface area contributed by atoms with E-state index in [0.717, 1.165) is 6.20 Å². The van der Waals surface area contributed by atoms with Gasteiger partial charge in [-0.3, -0.25) is 0 Å². The SMILES string of the molecule is O=S(O)Cc1ccc(-c2nc(C(F)(F)F)nc(-n3nccc3C(F)(F)F)c2-c2ccccc2)cc1. The third-order valence-corrected chi connectivity index (χ3v) is 5.44. The van der Waals surface area contributed by atoms with Gasteiger partial charge in [0.25, 0.3) is 0 Å². The Bertz CT molecular complexity index is 1370. The number of hydrogen-bond acceptors (Lipinski definition) is 4. The van der Waals surface area contributed by atoms with Crippen molar-refractivity contribution < 1.29 is 35.1 Å². The van der Waals surface area contributed by atoms with Crippen LogP contribution in [0.25, 0.3) is 28.2 Å². The Morgan fingerprint density at radius 1 is 0.829 bits per heavy atom. The van der Waals surface area contributed by atoms with Crippen molar-refractivity contribution in [1.82, 2.24) is 19.7 Å². The normalized spacial score (nSPS) is 13.1. The highest BCUT2D eigenvalue weighted by Crippen LogP contribution is 2.40. The van der Waals surface area contributed by atoms with Crippen molar-refractivity contribution in [2.45, 2.75) is 18.1 Å². The Labute approximate surface area is 196 Å². The zero-order valence-electron chi connectivity index (χ0n) is 17.4. The predicted octanol–water partition coefficient (Wildman–Crippen LogP) is 5.76. The van der Waals surface area contributed by atoms with Crippen molar-refractivity contribution in [3.05, 3.63) is 83.9 Å². The molecular formula is C22H14F6N4O2S. The molecule has 6 nitrogen and oxygen atoms in total. The molecule has 2 aromatic carbocycles. The molecule has 0 fully saturated rings. The molecule has 0 radical (unpaired) electrons. The molecule has 1 N–H and O–H groups in total. The minimum absolute atomic E-state index is 0.105. The van der Waals surface area contributed by atoms with E-state index < -0.39 is 40.8 Å². The summed E-state index contributed by atoms with van der Waals surface area (Å²) >= 11 is -2.14. The molecule has 1 unspecified atom stereocenters. The number of alkyl halides is 6. The second-order valence-electron chi connectivity index (χ2n) is 7.25. The first-order valence-electron chi connectivity index (χ1n) is 9.78. The summed E-state index contributed by atoms with van der Waals surface area (Å²) in [6.07, 6.45) is -9.18. The van der Waals surface area contributed by atoms with Crippen LogP contribution in [0.5, 0.6) is 0 Å². The Balaban J connectivity index is 2.06.